The average Bonchev–Trinajstić information content (AvgIpc) is 3.03. The molecule has 0 N–H and O–H groups in total. The van der Waals surface area contributed by atoms with Crippen LogP contribution in [0.15, 0.2) is 36.1 Å². The number of rotatable bonds is 3. The molecule has 0 fully saturated rings. The molecule has 3 aromatic rings. The van der Waals surface area contributed by atoms with Crippen LogP contribution in [0.1, 0.15) is 16.1 Å². The Hall–Kier alpha value is -2.28. The zero-order valence-electron chi connectivity index (χ0n) is 11.1. The van der Waals surface area contributed by atoms with Crippen LogP contribution in [0, 0.1) is 11.6 Å². The van der Waals surface area contributed by atoms with E-state index in [-0.39, 0.29) is 18.0 Å². The normalized spacial score (nSPS) is 11.0. The Balaban J connectivity index is 1.83. The third-order valence-electron chi connectivity index (χ3n) is 3.14. The van der Waals surface area contributed by atoms with Gasteiger partial charge in [0, 0.05) is 30.6 Å². The standard InChI is InChI=1S/C14H11F2N3OS/c1-18(6-9-2-3-10(15)4-11(9)16)14(20)12-7-21-13-5-17-8-19(12)13/h2-5,7-8H,6H2,1H3. The Bertz CT molecular complexity index is 812. The van der Waals surface area contributed by atoms with E-state index in [0.29, 0.717) is 5.69 Å². The molecule has 4 nitrogen and oxygen atoms in total. The molecule has 7 heteroatoms. The summed E-state index contributed by atoms with van der Waals surface area (Å²) >= 11 is 1.41. The van der Waals surface area contributed by atoms with E-state index in [0.717, 1.165) is 10.9 Å². The molecule has 0 aliphatic carbocycles. The summed E-state index contributed by atoms with van der Waals surface area (Å²) in [4.78, 5) is 18.6. The molecule has 3 rings (SSSR count). The van der Waals surface area contributed by atoms with Gasteiger partial charge >= 0.3 is 0 Å². The predicted octanol–water partition coefficient (Wildman–Crippen LogP) is 2.95. The van der Waals surface area contributed by atoms with Gasteiger partial charge < -0.3 is 4.90 Å². The molecule has 0 radical (unpaired) electrons. The number of benzene rings is 1. The molecule has 0 saturated carbocycles. The Morgan fingerprint density at radius 3 is 3.00 bits per heavy atom. The van der Waals surface area contributed by atoms with E-state index in [2.05, 4.69) is 4.98 Å². The summed E-state index contributed by atoms with van der Waals surface area (Å²) in [7, 11) is 1.57. The molecule has 21 heavy (non-hydrogen) atoms. The van der Waals surface area contributed by atoms with Crippen LogP contribution in [0.3, 0.4) is 0 Å². The number of imidazole rings is 1. The summed E-state index contributed by atoms with van der Waals surface area (Å²) < 4.78 is 28.2. The fourth-order valence-corrected chi connectivity index (χ4v) is 2.88. The molecule has 0 saturated heterocycles. The number of fused-ring (bicyclic) bond motifs is 1. The van der Waals surface area contributed by atoms with Crippen LogP contribution in [0.2, 0.25) is 0 Å². The fraction of sp³-hybridized carbons (Fsp3) is 0.143. The molecular weight excluding hydrogens is 296 g/mol. The van der Waals surface area contributed by atoms with Gasteiger partial charge in [-0.1, -0.05) is 6.07 Å². The van der Waals surface area contributed by atoms with Gasteiger partial charge in [0.15, 0.2) is 0 Å². The van der Waals surface area contributed by atoms with Gasteiger partial charge in [0.1, 0.15) is 28.5 Å². The maximum absolute atomic E-state index is 13.6. The minimum Gasteiger partial charge on any atom is -0.336 e. The molecule has 0 unspecified atom stereocenters. The van der Waals surface area contributed by atoms with Gasteiger partial charge in [-0.2, -0.15) is 0 Å². The predicted molar refractivity (Wildman–Crippen MR) is 75.2 cm³/mol. The maximum Gasteiger partial charge on any atom is 0.271 e. The summed E-state index contributed by atoms with van der Waals surface area (Å²) in [5.74, 6) is -1.54. The van der Waals surface area contributed by atoms with Gasteiger partial charge in [-0.15, -0.1) is 11.3 Å². The molecule has 1 aromatic carbocycles. The Morgan fingerprint density at radius 2 is 2.24 bits per heavy atom. The van der Waals surface area contributed by atoms with Gasteiger partial charge in [-0.05, 0) is 6.07 Å². The van der Waals surface area contributed by atoms with Crippen molar-refractivity contribution in [3.8, 4) is 0 Å². The summed E-state index contributed by atoms with van der Waals surface area (Å²) in [6.45, 7) is 0.0665. The summed E-state index contributed by atoms with van der Waals surface area (Å²) in [6, 6.07) is 3.33. The summed E-state index contributed by atoms with van der Waals surface area (Å²) in [5.41, 5.74) is 0.738. The number of carbonyl (C=O) groups is 1. The lowest BCUT2D eigenvalue weighted by Gasteiger charge is -2.17. The highest BCUT2D eigenvalue weighted by molar-refractivity contribution is 7.15. The third-order valence-corrected chi connectivity index (χ3v) is 4.03. The molecule has 0 aliphatic heterocycles. The molecule has 108 valence electrons. The fourth-order valence-electron chi connectivity index (χ4n) is 2.05. The summed E-state index contributed by atoms with van der Waals surface area (Å²) in [6.07, 6.45) is 3.23. The SMILES string of the molecule is CN(Cc1ccc(F)cc1F)C(=O)c1csc2cncn12. The van der Waals surface area contributed by atoms with Crippen molar-refractivity contribution in [1.29, 1.82) is 0 Å². The van der Waals surface area contributed by atoms with E-state index in [1.165, 1.54) is 28.4 Å². The zero-order chi connectivity index (χ0) is 15.0. The summed E-state index contributed by atoms with van der Waals surface area (Å²) in [5, 5.41) is 1.73. The van der Waals surface area contributed by atoms with Gasteiger partial charge in [-0.25, -0.2) is 13.8 Å². The minimum absolute atomic E-state index is 0.0665. The number of aromatic nitrogens is 2. The zero-order valence-corrected chi connectivity index (χ0v) is 11.9. The van der Waals surface area contributed by atoms with Crippen molar-refractivity contribution in [1.82, 2.24) is 14.3 Å². The maximum atomic E-state index is 13.6. The Labute approximate surface area is 123 Å². The van der Waals surface area contributed by atoms with Crippen molar-refractivity contribution in [3.05, 3.63) is 59.0 Å². The number of thiazole rings is 1. The molecule has 2 aromatic heterocycles. The van der Waals surface area contributed by atoms with E-state index >= 15 is 0 Å². The van der Waals surface area contributed by atoms with Gasteiger partial charge in [0.05, 0.1) is 6.20 Å². The molecule has 0 bridgehead atoms. The van der Waals surface area contributed by atoms with Crippen LogP contribution < -0.4 is 0 Å². The van der Waals surface area contributed by atoms with Crippen LogP contribution in [-0.4, -0.2) is 27.2 Å². The molecule has 2 heterocycles. The quantitative estimate of drug-likeness (QED) is 0.746. The van der Waals surface area contributed by atoms with Crippen molar-refractivity contribution in [2.45, 2.75) is 6.54 Å². The first-order valence-corrected chi connectivity index (χ1v) is 7.03. The van der Waals surface area contributed by atoms with Crippen LogP contribution >= 0.6 is 11.3 Å². The van der Waals surface area contributed by atoms with E-state index < -0.39 is 11.6 Å². The number of nitrogens with zero attached hydrogens (tertiary/aromatic N) is 3. The van der Waals surface area contributed by atoms with Crippen molar-refractivity contribution < 1.29 is 13.6 Å². The molecule has 1 amide bonds. The lowest BCUT2D eigenvalue weighted by molar-refractivity contribution is 0.0777. The van der Waals surface area contributed by atoms with Crippen LogP contribution in [0.5, 0.6) is 0 Å². The van der Waals surface area contributed by atoms with Crippen molar-refractivity contribution in [2.24, 2.45) is 0 Å². The van der Waals surface area contributed by atoms with Crippen molar-refractivity contribution in [3.63, 3.8) is 0 Å². The largest absolute Gasteiger partial charge is 0.336 e. The average molecular weight is 307 g/mol. The number of halogens is 2. The number of hydrogen-bond donors (Lipinski definition) is 0. The number of carbonyl (C=O) groups excluding carboxylic acids is 1. The van der Waals surface area contributed by atoms with Crippen molar-refractivity contribution in [2.75, 3.05) is 7.05 Å². The first-order valence-electron chi connectivity index (χ1n) is 6.15. The number of amides is 1. The van der Waals surface area contributed by atoms with Gasteiger partial charge in [0.25, 0.3) is 5.91 Å². The molecule has 0 atom stereocenters. The van der Waals surface area contributed by atoms with Gasteiger partial charge in [-0.3, -0.25) is 9.20 Å². The highest BCUT2D eigenvalue weighted by Gasteiger charge is 2.18. The molecular formula is C14H11F2N3OS. The van der Waals surface area contributed by atoms with E-state index in [4.69, 9.17) is 0 Å². The van der Waals surface area contributed by atoms with Crippen LogP contribution in [-0.2, 0) is 6.54 Å². The second-order valence-electron chi connectivity index (χ2n) is 4.62. The minimum atomic E-state index is -0.659. The van der Waals surface area contributed by atoms with Crippen LogP contribution in [0.25, 0.3) is 4.83 Å². The van der Waals surface area contributed by atoms with Crippen molar-refractivity contribution >= 4 is 22.1 Å². The highest BCUT2D eigenvalue weighted by atomic mass is 32.1. The lowest BCUT2D eigenvalue weighted by atomic mass is 10.2. The monoisotopic (exact) mass is 307 g/mol. The van der Waals surface area contributed by atoms with E-state index in [9.17, 15) is 13.6 Å². The first-order chi connectivity index (χ1) is 10.1. The first kappa shape index (κ1) is 13.7. The highest BCUT2D eigenvalue weighted by Crippen LogP contribution is 2.18. The lowest BCUT2D eigenvalue weighted by Crippen LogP contribution is -2.27. The Morgan fingerprint density at radius 1 is 1.43 bits per heavy atom. The topological polar surface area (TPSA) is 37.6 Å². The second kappa shape index (κ2) is 5.25. The smallest absolute Gasteiger partial charge is 0.271 e. The third kappa shape index (κ3) is 2.52. The van der Waals surface area contributed by atoms with Gasteiger partial charge in [0.2, 0.25) is 0 Å². The molecule has 0 aliphatic rings. The van der Waals surface area contributed by atoms with E-state index in [1.807, 2.05) is 0 Å². The Kier molecular flexibility index (Phi) is 3.42. The van der Waals surface area contributed by atoms with E-state index in [1.54, 1.807) is 29.4 Å². The van der Waals surface area contributed by atoms with Crippen LogP contribution in [0.4, 0.5) is 8.78 Å². The number of hydrogen-bond acceptors (Lipinski definition) is 3. The molecule has 0 spiro atoms. The second-order valence-corrected chi connectivity index (χ2v) is 5.51.